The standard InChI is InChI=1S/C27H40N6O7S/c1-10-13-38-33-17-14-32(24(33)36)19(21(34)30(8)9)18-16(15-41-20(17)18)11-12-31(25(37)40-27(5,6)7)22(28)29-23(35)39-26(2,3)4/h10,15,17,19H,1,11-14H2,2-9H3,(H2,28,29,35). The average molecular weight is 593 g/mol. The summed E-state index contributed by atoms with van der Waals surface area (Å²) in [5, 5.41) is 13.9. The number of nitrogens with zero attached hydrogens (tertiary/aromatic N) is 4. The van der Waals surface area contributed by atoms with Crippen molar-refractivity contribution in [1.82, 2.24) is 25.1 Å². The molecular weight excluding hydrogens is 552 g/mol. The van der Waals surface area contributed by atoms with Crippen LogP contribution in [0.3, 0.4) is 0 Å². The van der Waals surface area contributed by atoms with Gasteiger partial charge in [0.2, 0.25) is 11.9 Å². The normalized spacial score (nSPS) is 18.0. The molecule has 0 saturated carbocycles. The Labute approximate surface area is 244 Å². The second-order valence-electron chi connectivity index (χ2n) is 11.9. The van der Waals surface area contributed by atoms with E-state index < -0.39 is 47.5 Å². The van der Waals surface area contributed by atoms with E-state index in [1.54, 1.807) is 61.7 Å². The summed E-state index contributed by atoms with van der Waals surface area (Å²) in [6.07, 6.45) is 0.0393. The smallest absolute Gasteiger partial charge is 0.417 e. The molecule has 1 aromatic rings. The van der Waals surface area contributed by atoms with Gasteiger partial charge in [-0.1, -0.05) is 6.08 Å². The lowest BCUT2D eigenvalue weighted by molar-refractivity contribution is -0.133. The van der Waals surface area contributed by atoms with Crippen LogP contribution in [0.1, 0.15) is 69.6 Å². The van der Waals surface area contributed by atoms with Crippen molar-refractivity contribution in [3.8, 4) is 0 Å². The van der Waals surface area contributed by atoms with Crippen LogP contribution in [0, 0.1) is 5.41 Å². The molecule has 5 amide bonds. The molecule has 2 aliphatic heterocycles. The first-order chi connectivity index (χ1) is 18.9. The van der Waals surface area contributed by atoms with Crippen LogP contribution in [-0.2, 0) is 25.5 Å². The van der Waals surface area contributed by atoms with E-state index in [9.17, 15) is 19.2 Å². The van der Waals surface area contributed by atoms with Crippen molar-refractivity contribution in [2.45, 2.75) is 71.2 Å². The lowest BCUT2D eigenvalue weighted by Gasteiger charge is -2.33. The van der Waals surface area contributed by atoms with Crippen LogP contribution in [0.25, 0.3) is 0 Å². The summed E-state index contributed by atoms with van der Waals surface area (Å²) in [5.74, 6) is -0.784. The second-order valence-corrected chi connectivity index (χ2v) is 12.8. The lowest BCUT2D eigenvalue weighted by Crippen LogP contribution is -2.50. The van der Waals surface area contributed by atoms with E-state index in [1.807, 2.05) is 5.38 Å². The minimum atomic E-state index is -0.886. The number of thiophene rings is 1. The number of ether oxygens (including phenoxy) is 2. The van der Waals surface area contributed by atoms with Crippen molar-refractivity contribution in [2.75, 3.05) is 33.8 Å². The van der Waals surface area contributed by atoms with Crippen LogP contribution < -0.4 is 5.32 Å². The first-order valence-corrected chi connectivity index (χ1v) is 14.1. The fourth-order valence-electron chi connectivity index (χ4n) is 4.43. The number of alkyl carbamates (subject to hydrolysis) is 1. The van der Waals surface area contributed by atoms with Gasteiger partial charge in [0.05, 0.1) is 13.2 Å². The highest BCUT2D eigenvalue weighted by molar-refractivity contribution is 7.10. The van der Waals surface area contributed by atoms with Gasteiger partial charge in [-0.25, -0.2) is 19.3 Å². The molecule has 2 aliphatic rings. The summed E-state index contributed by atoms with van der Waals surface area (Å²) in [7, 11) is 3.25. The van der Waals surface area contributed by atoms with E-state index in [0.717, 1.165) is 15.3 Å². The number of carbonyl (C=O) groups excluding carboxylic acids is 4. The van der Waals surface area contributed by atoms with E-state index >= 15 is 0 Å². The Morgan fingerprint density at radius 3 is 2.37 bits per heavy atom. The minimum Gasteiger partial charge on any atom is -0.444 e. The van der Waals surface area contributed by atoms with Gasteiger partial charge in [-0.2, -0.15) is 5.06 Å². The fourth-order valence-corrected chi connectivity index (χ4v) is 5.64. The second kappa shape index (κ2) is 12.1. The summed E-state index contributed by atoms with van der Waals surface area (Å²) in [6.45, 7) is 14.2. The molecule has 226 valence electrons. The summed E-state index contributed by atoms with van der Waals surface area (Å²) in [6, 6.07) is -1.70. The Bertz CT molecular complexity index is 1220. The lowest BCUT2D eigenvalue weighted by atomic mass is 9.93. The summed E-state index contributed by atoms with van der Waals surface area (Å²) >= 11 is 1.40. The number of urea groups is 1. The molecule has 2 bridgehead atoms. The molecule has 3 rings (SSSR count). The van der Waals surface area contributed by atoms with Crippen LogP contribution in [0.4, 0.5) is 14.4 Å². The highest BCUT2D eigenvalue weighted by Crippen LogP contribution is 2.48. The molecule has 2 atom stereocenters. The van der Waals surface area contributed by atoms with Crippen molar-refractivity contribution >= 4 is 41.4 Å². The van der Waals surface area contributed by atoms with Gasteiger partial charge in [-0.15, -0.1) is 17.9 Å². The molecule has 1 saturated heterocycles. The van der Waals surface area contributed by atoms with Gasteiger partial charge in [0, 0.05) is 31.1 Å². The van der Waals surface area contributed by atoms with Crippen LogP contribution >= 0.6 is 11.3 Å². The number of fused-ring (bicyclic) bond motifs is 4. The first kappa shape index (κ1) is 31.9. The van der Waals surface area contributed by atoms with E-state index in [-0.39, 0.29) is 25.5 Å². The van der Waals surface area contributed by atoms with Crippen LogP contribution in [0.2, 0.25) is 0 Å². The first-order valence-electron chi connectivity index (χ1n) is 13.2. The fraction of sp³-hybridized carbons (Fsp3) is 0.593. The molecule has 1 aromatic heterocycles. The van der Waals surface area contributed by atoms with E-state index in [2.05, 4.69) is 11.9 Å². The van der Waals surface area contributed by atoms with Gasteiger partial charge < -0.3 is 19.3 Å². The predicted molar refractivity (Wildman–Crippen MR) is 152 cm³/mol. The number of hydrogen-bond donors (Lipinski definition) is 2. The maximum atomic E-state index is 13.4. The number of hydroxylamine groups is 2. The van der Waals surface area contributed by atoms with E-state index in [4.69, 9.17) is 19.7 Å². The zero-order valence-corrected chi connectivity index (χ0v) is 25.7. The summed E-state index contributed by atoms with van der Waals surface area (Å²) in [4.78, 5) is 62.5. The van der Waals surface area contributed by atoms with Gasteiger partial charge in [-0.05, 0) is 58.9 Å². The van der Waals surface area contributed by atoms with Gasteiger partial charge in [0.1, 0.15) is 23.3 Å². The molecule has 14 heteroatoms. The molecule has 41 heavy (non-hydrogen) atoms. The molecule has 13 nitrogen and oxygen atoms in total. The van der Waals surface area contributed by atoms with Gasteiger partial charge in [0.15, 0.2) is 0 Å². The van der Waals surface area contributed by atoms with Crippen molar-refractivity contribution < 1.29 is 33.5 Å². The largest absolute Gasteiger partial charge is 0.444 e. The van der Waals surface area contributed by atoms with Gasteiger partial charge in [-0.3, -0.25) is 20.4 Å². The Balaban J connectivity index is 1.93. The molecule has 0 spiro atoms. The molecule has 0 radical (unpaired) electrons. The highest BCUT2D eigenvalue weighted by Gasteiger charge is 2.52. The number of likely N-dealkylation sites (N-methyl/N-ethyl adjacent to an activating group) is 1. The third-order valence-corrected chi connectivity index (χ3v) is 7.18. The monoisotopic (exact) mass is 592 g/mol. The summed E-state index contributed by atoms with van der Waals surface area (Å²) in [5.41, 5.74) is -0.246. The topological polar surface area (TPSA) is 145 Å². The van der Waals surface area contributed by atoms with Crippen molar-refractivity contribution in [3.63, 3.8) is 0 Å². The molecule has 1 fully saturated rings. The molecular formula is C27H40N6O7S. The minimum absolute atomic E-state index is 0.0507. The molecule has 0 aromatic carbocycles. The number of rotatable bonds is 7. The number of hydrogen-bond acceptors (Lipinski definition) is 9. The van der Waals surface area contributed by atoms with Gasteiger partial charge in [0.25, 0.3) is 0 Å². The number of guanidine groups is 1. The third-order valence-electron chi connectivity index (χ3n) is 6.03. The van der Waals surface area contributed by atoms with Crippen molar-refractivity contribution in [1.29, 1.82) is 5.41 Å². The average Bonchev–Trinajstić information content (AvgIpc) is 3.35. The zero-order chi connectivity index (χ0) is 30.9. The third kappa shape index (κ3) is 7.36. The number of carbonyl (C=O) groups is 4. The molecule has 2 N–H and O–H groups in total. The van der Waals surface area contributed by atoms with Crippen molar-refractivity contribution in [3.05, 3.63) is 34.0 Å². The summed E-state index contributed by atoms with van der Waals surface area (Å²) < 4.78 is 10.7. The Morgan fingerprint density at radius 1 is 1.17 bits per heavy atom. The zero-order valence-electron chi connectivity index (χ0n) is 24.9. The van der Waals surface area contributed by atoms with Gasteiger partial charge >= 0.3 is 18.2 Å². The Kier molecular flexibility index (Phi) is 9.38. The van der Waals surface area contributed by atoms with E-state index in [0.29, 0.717) is 12.1 Å². The number of nitrogens with one attached hydrogen (secondary N) is 2. The van der Waals surface area contributed by atoms with Crippen LogP contribution in [0.15, 0.2) is 18.0 Å². The molecule has 3 heterocycles. The van der Waals surface area contributed by atoms with Crippen molar-refractivity contribution in [2.24, 2.45) is 0 Å². The highest BCUT2D eigenvalue weighted by atomic mass is 32.1. The molecule has 2 unspecified atom stereocenters. The number of amides is 5. The maximum absolute atomic E-state index is 13.4. The maximum Gasteiger partial charge on any atom is 0.417 e. The Hall–Kier alpha value is -3.65. The molecule has 0 aliphatic carbocycles. The van der Waals surface area contributed by atoms with Crippen LogP contribution in [0.5, 0.6) is 0 Å². The van der Waals surface area contributed by atoms with E-state index in [1.165, 1.54) is 26.2 Å². The van der Waals surface area contributed by atoms with Crippen LogP contribution in [-0.4, -0.2) is 94.8 Å². The predicted octanol–water partition coefficient (Wildman–Crippen LogP) is 4.03. The SMILES string of the molecule is C=CCON1C(=O)N2CC1c1scc(CCN(C(=N)NC(=O)OC(C)(C)C)C(=O)OC(C)(C)C)c1C2C(=O)N(C)C. The Morgan fingerprint density at radius 2 is 1.80 bits per heavy atom. The quantitative estimate of drug-likeness (QED) is 0.276.